The molecule has 1 fully saturated rings. The van der Waals surface area contributed by atoms with Crippen LogP contribution in [0.3, 0.4) is 0 Å². The summed E-state index contributed by atoms with van der Waals surface area (Å²) in [6.45, 7) is 0.377. The van der Waals surface area contributed by atoms with Crippen LogP contribution in [-0.2, 0) is 4.79 Å². The van der Waals surface area contributed by atoms with Gasteiger partial charge in [-0.15, -0.1) is 0 Å². The van der Waals surface area contributed by atoms with Gasteiger partial charge in [-0.1, -0.05) is 42.5 Å². The maximum atomic E-state index is 13.5. The first-order chi connectivity index (χ1) is 12.6. The number of benzene rings is 2. The van der Waals surface area contributed by atoms with Gasteiger partial charge < -0.3 is 15.2 Å². The van der Waals surface area contributed by atoms with E-state index in [4.69, 9.17) is 4.74 Å². The van der Waals surface area contributed by atoms with Crippen molar-refractivity contribution in [3.8, 4) is 5.75 Å². The number of para-hydroxylation sites is 1. The van der Waals surface area contributed by atoms with E-state index in [0.29, 0.717) is 6.42 Å². The van der Waals surface area contributed by atoms with Crippen molar-refractivity contribution in [2.24, 2.45) is 0 Å². The third-order valence-electron chi connectivity index (χ3n) is 4.23. The topological polar surface area (TPSA) is 82.6 Å². The monoisotopic (exact) mass is 359 g/mol. The minimum absolute atomic E-state index is 0.121. The highest BCUT2D eigenvalue weighted by molar-refractivity contribution is 5.82. The number of carbonyl (C=O) groups excluding carboxylic acids is 1. The van der Waals surface area contributed by atoms with Crippen LogP contribution in [0.1, 0.15) is 18.1 Å². The smallest absolute Gasteiger partial charge is 0.238 e. The lowest BCUT2D eigenvalue weighted by molar-refractivity contribution is -0.123. The number of ether oxygens (including phenoxy) is 1. The Labute approximate surface area is 151 Å². The molecule has 0 saturated carbocycles. The number of halogens is 1. The van der Waals surface area contributed by atoms with Crippen LogP contribution in [0, 0.1) is 5.82 Å². The van der Waals surface area contributed by atoms with Crippen LogP contribution < -0.4 is 20.9 Å². The summed E-state index contributed by atoms with van der Waals surface area (Å²) in [4.78, 5) is 12.2. The van der Waals surface area contributed by atoms with E-state index >= 15 is 0 Å². The Hall–Kier alpha value is -2.48. The standard InChI is InChI=1S/C19H22FN3O3/c20-15-8-4-5-9-18(15)26-12-14-10-16(23-22-14)19(25)21-11-17(24)13-6-2-1-3-7-13/h1-9,14,16-17,22-24H,10-12H2,(H,21,25). The fourth-order valence-electron chi connectivity index (χ4n) is 2.77. The average Bonchev–Trinajstić information content (AvgIpc) is 3.15. The molecular weight excluding hydrogens is 337 g/mol. The first-order valence-corrected chi connectivity index (χ1v) is 8.52. The predicted molar refractivity (Wildman–Crippen MR) is 94.8 cm³/mol. The molecular formula is C19H22FN3O3. The van der Waals surface area contributed by atoms with Gasteiger partial charge in [-0.2, -0.15) is 0 Å². The Balaban J connectivity index is 1.42. The largest absolute Gasteiger partial charge is 0.489 e. The van der Waals surface area contributed by atoms with Crippen molar-refractivity contribution in [3.63, 3.8) is 0 Å². The van der Waals surface area contributed by atoms with Gasteiger partial charge in [0.1, 0.15) is 12.6 Å². The van der Waals surface area contributed by atoms with E-state index in [1.54, 1.807) is 18.2 Å². The maximum absolute atomic E-state index is 13.5. The van der Waals surface area contributed by atoms with Gasteiger partial charge in [0.05, 0.1) is 12.1 Å². The second-order valence-electron chi connectivity index (χ2n) is 6.19. The van der Waals surface area contributed by atoms with Gasteiger partial charge >= 0.3 is 0 Å². The third kappa shape index (κ3) is 4.78. The van der Waals surface area contributed by atoms with Crippen LogP contribution in [0.4, 0.5) is 4.39 Å². The summed E-state index contributed by atoms with van der Waals surface area (Å²) in [5.74, 6) is -0.434. The first-order valence-electron chi connectivity index (χ1n) is 8.52. The van der Waals surface area contributed by atoms with E-state index in [1.807, 2.05) is 30.3 Å². The molecule has 0 aromatic heterocycles. The van der Waals surface area contributed by atoms with E-state index in [1.165, 1.54) is 6.07 Å². The van der Waals surface area contributed by atoms with Crippen LogP contribution in [-0.4, -0.2) is 36.2 Å². The molecule has 1 amide bonds. The molecule has 0 aliphatic carbocycles. The third-order valence-corrected chi connectivity index (χ3v) is 4.23. The molecule has 1 saturated heterocycles. The number of hydrogen-bond acceptors (Lipinski definition) is 5. The molecule has 2 aromatic carbocycles. The molecule has 3 rings (SSSR count). The Morgan fingerprint density at radius 1 is 1.19 bits per heavy atom. The predicted octanol–water partition coefficient (Wildman–Crippen LogP) is 1.29. The second kappa shape index (κ2) is 8.75. The number of amides is 1. The summed E-state index contributed by atoms with van der Waals surface area (Å²) in [7, 11) is 0. The molecule has 6 nitrogen and oxygen atoms in total. The Morgan fingerprint density at radius 3 is 2.69 bits per heavy atom. The van der Waals surface area contributed by atoms with Crippen LogP contribution >= 0.6 is 0 Å². The zero-order chi connectivity index (χ0) is 18.4. The lowest BCUT2D eigenvalue weighted by Crippen LogP contribution is -2.44. The summed E-state index contributed by atoms with van der Waals surface area (Å²) in [6.07, 6.45) is -0.253. The average molecular weight is 359 g/mol. The number of aliphatic hydroxyl groups excluding tert-OH is 1. The molecule has 26 heavy (non-hydrogen) atoms. The van der Waals surface area contributed by atoms with Crippen LogP contribution in [0.5, 0.6) is 5.75 Å². The van der Waals surface area contributed by atoms with Crippen LogP contribution in [0.2, 0.25) is 0 Å². The number of rotatable bonds is 7. The van der Waals surface area contributed by atoms with Gasteiger partial charge in [0.25, 0.3) is 0 Å². The van der Waals surface area contributed by atoms with Crippen molar-refractivity contribution in [1.82, 2.24) is 16.2 Å². The first kappa shape index (κ1) is 18.3. The zero-order valence-corrected chi connectivity index (χ0v) is 14.2. The van der Waals surface area contributed by atoms with Gasteiger partial charge in [0.2, 0.25) is 5.91 Å². The summed E-state index contributed by atoms with van der Waals surface area (Å²) in [5.41, 5.74) is 6.63. The Bertz CT molecular complexity index is 729. The second-order valence-corrected chi connectivity index (χ2v) is 6.19. The highest BCUT2D eigenvalue weighted by atomic mass is 19.1. The van der Waals surface area contributed by atoms with E-state index in [2.05, 4.69) is 16.2 Å². The number of hydrazine groups is 1. The highest BCUT2D eigenvalue weighted by Crippen LogP contribution is 2.17. The number of nitrogens with one attached hydrogen (secondary N) is 3. The number of hydrogen-bond donors (Lipinski definition) is 4. The van der Waals surface area contributed by atoms with Gasteiger partial charge in [0.15, 0.2) is 11.6 Å². The van der Waals surface area contributed by atoms with E-state index in [0.717, 1.165) is 5.56 Å². The minimum Gasteiger partial charge on any atom is -0.489 e. The van der Waals surface area contributed by atoms with Gasteiger partial charge in [-0.05, 0) is 24.1 Å². The van der Waals surface area contributed by atoms with E-state index in [9.17, 15) is 14.3 Å². The summed E-state index contributed by atoms with van der Waals surface area (Å²) in [6, 6.07) is 14.8. The molecule has 3 atom stereocenters. The van der Waals surface area contributed by atoms with Crippen molar-refractivity contribution < 1.29 is 19.0 Å². The van der Waals surface area contributed by atoms with Gasteiger partial charge in [0, 0.05) is 6.54 Å². The fourth-order valence-corrected chi connectivity index (χ4v) is 2.77. The van der Waals surface area contributed by atoms with Crippen molar-refractivity contribution in [2.45, 2.75) is 24.6 Å². The molecule has 3 unspecified atom stereocenters. The Morgan fingerprint density at radius 2 is 1.92 bits per heavy atom. The molecule has 138 valence electrons. The maximum Gasteiger partial charge on any atom is 0.238 e. The molecule has 0 radical (unpaired) electrons. The lowest BCUT2D eigenvalue weighted by atomic mass is 10.1. The minimum atomic E-state index is -0.755. The highest BCUT2D eigenvalue weighted by Gasteiger charge is 2.30. The Kier molecular flexibility index (Phi) is 6.17. The van der Waals surface area contributed by atoms with Crippen molar-refractivity contribution in [2.75, 3.05) is 13.2 Å². The molecule has 1 aliphatic rings. The van der Waals surface area contributed by atoms with Crippen molar-refractivity contribution in [3.05, 3.63) is 66.0 Å². The van der Waals surface area contributed by atoms with Crippen molar-refractivity contribution >= 4 is 5.91 Å². The van der Waals surface area contributed by atoms with E-state index < -0.39 is 18.0 Å². The molecule has 0 spiro atoms. The lowest BCUT2D eigenvalue weighted by Gasteiger charge is -2.15. The van der Waals surface area contributed by atoms with Gasteiger partial charge in [-0.25, -0.2) is 9.82 Å². The summed E-state index contributed by atoms with van der Waals surface area (Å²) < 4.78 is 19.0. The van der Waals surface area contributed by atoms with Crippen LogP contribution in [0.15, 0.2) is 54.6 Å². The van der Waals surface area contributed by atoms with Crippen molar-refractivity contribution in [1.29, 1.82) is 0 Å². The number of carbonyl (C=O) groups is 1. The van der Waals surface area contributed by atoms with E-state index in [-0.39, 0.29) is 30.9 Å². The summed E-state index contributed by atoms with van der Waals surface area (Å²) in [5, 5.41) is 12.8. The summed E-state index contributed by atoms with van der Waals surface area (Å²) >= 11 is 0. The van der Waals surface area contributed by atoms with Gasteiger partial charge in [-0.3, -0.25) is 10.2 Å². The molecule has 1 heterocycles. The molecule has 0 bridgehead atoms. The molecule has 1 aliphatic heterocycles. The fraction of sp³-hybridized carbons (Fsp3) is 0.316. The van der Waals surface area contributed by atoms with Crippen LogP contribution in [0.25, 0.3) is 0 Å². The number of aliphatic hydroxyl groups is 1. The SMILES string of the molecule is O=C(NCC(O)c1ccccc1)C1CC(COc2ccccc2F)NN1. The normalized spacial score (nSPS) is 20.5. The quantitative estimate of drug-likeness (QED) is 0.599. The molecule has 2 aromatic rings. The zero-order valence-electron chi connectivity index (χ0n) is 14.2. The molecule has 4 N–H and O–H groups in total. The molecule has 7 heteroatoms.